The molecule has 2 N–H and O–H groups in total. The molecular formula is C15H19ClN2O2. The molecule has 0 saturated carbocycles. The van der Waals surface area contributed by atoms with Gasteiger partial charge < -0.3 is 15.0 Å². The minimum Gasteiger partial charge on any atom is -0.508 e. The summed E-state index contributed by atoms with van der Waals surface area (Å²) in [5.41, 5.74) is 0.915. The van der Waals surface area contributed by atoms with Gasteiger partial charge in [-0.2, -0.15) is 0 Å². The number of phenols is 1. The van der Waals surface area contributed by atoms with E-state index in [-0.39, 0.29) is 23.7 Å². The van der Waals surface area contributed by atoms with E-state index in [1.54, 1.807) is 12.1 Å². The molecule has 2 heterocycles. The predicted molar refractivity (Wildman–Crippen MR) is 83.0 cm³/mol. The van der Waals surface area contributed by atoms with E-state index in [9.17, 15) is 9.90 Å². The number of phenolic OH excluding ortho intramolecular Hbond substituents is 1. The number of aromatic nitrogens is 1. The highest BCUT2D eigenvalue weighted by Crippen LogP contribution is 2.27. The van der Waals surface area contributed by atoms with Crippen molar-refractivity contribution in [1.29, 1.82) is 0 Å². The minimum absolute atomic E-state index is 0. The second kappa shape index (κ2) is 5.85. The van der Waals surface area contributed by atoms with Gasteiger partial charge in [0.05, 0.1) is 5.39 Å². The average Bonchev–Trinajstić information content (AvgIpc) is 2.40. The zero-order valence-corrected chi connectivity index (χ0v) is 12.2. The number of benzene rings is 1. The Balaban J connectivity index is 0.00000147. The lowest BCUT2D eigenvalue weighted by molar-refractivity contribution is 0.253. The molecule has 0 spiro atoms. The molecule has 0 unspecified atom stereocenters. The van der Waals surface area contributed by atoms with Gasteiger partial charge >= 0.3 is 0 Å². The third kappa shape index (κ3) is 2.81. The normalized spacial score (nSPS) is 17.1. The predicted octanol–water partition coefficient (Wildman–Crippen LogP) is 2.46. The summed E-state index contributed by atoms with van der Waals surface area (Å²) in [5.74, 6) is 0.562. The number of pyridine rings is 1. The van der Waals surface area contributed by atoms with Crippen molar-refractivity contribution in [3.8, 4) is 5.75 Å². The number of nitrogens with one attached hydrogen (secondary N) is 1. The van der Waals surface area contributed by atoms with Crippen LogP contribution in [-0.2, 0) is 0 Å². The van der Waals surface area contributed by atoms with Crippen molar-refractivity contribution in [2.45, 2.75) is 18.8 Å². The Labute approximate surface area is 123 Å². The van der Waals surface area contributed by atoms with Gasteiger partial charge in [0.25, 0.3) is 5.56 Å². The number of halogens is 1. The zero-order valence-electron chi connectivity index (χ0n) is 11.4. The summed E-state index contributed by atoms with van der Waals surface area (Å²) >= 11 is 0. The molecule has 5 heteroatoms. The van der Waals surface area contributed by atoms with Crippen LogP contribution in [0.3, 0.4) is 0 Å². The Kier molecular flexibility index (Phi) is 4.35. The molecule has 0 amide bonds. The molecule has 2 aromatic rings. The second-order valence-corrected chi connectivity index (χ2v) is 5.40. The number of rotatable bonds is 1. The van der Waals surface area contributed by atoms with Crippen LogP contribution in [0.5, 0.6) is 5.75 Å². The third-order valence-corrected chi connectivity index (χ3v) is 4.01. The van der Waals surface area contributed by atoms with Crippen LogP contribution in [0.25, 0.3) is 10.8 Å². The van der Waals surface area contributed by atoms with Crippen LogP contribution in [0.1, 0.15) is 24.5 Å². The van der Waals surface area contributed by atoms with Crippen molar-refractivity contribution in [3.63, 3.8) is 0 Å². The highest BCUT2D eigenvalue weighted by Gasteiger charge is 2.19. The molecule has 4 nitrogen and oxygen atoms in total. The number of hydrogen-bond acceptors (Lipinski definition) is 3. The first-order valence-electron chi connectivity index (χ1n) is 6.68. The average molecular weight is 295 g/mol. The molecule has 20 heavy (non-hydrogen) atoms. The fourth-order valence-corrected chi connectivity index (χ4v) is 2.81. The molecule has 3 rings (SSSR count). The van der Waals surface area contributed by atoms with Gasteiger partial charge in [-0.1, -0.05) is 6.07 Å². The van der Waals surface area contributed by atoms with E-state index >= 15 is 0 Å². The number of piperidine rings is 1. The molecule has 1 aromatic carbocycles. The van der Waals surface area contributed by atoms with Gasteiger partial charge in [-0.05, 0) is 56.6 Å². The molecule has 0 atom stereocenters. The molecule has 0 aliphatic carbocycles. The van der Waals surface area contributed by atoms with Crippen LogP contribution < -0.4 is 5.56 Å². The third-order valence-electron chi connectivity index (χ3n) is 4.01. The van der Waals surface area contributed by atoms with Crippen molar-refractivity contribution in [3.05, 3.63) is 40.3 Å². The molecule has 0 bridgehead atoms. The van der Waals surface area contributed by atoms with Gasteiger partial charge in [0, 0.05) is 11.6 Å². The number of fused-ring (bicyclic) bond motifs is 1. The lowest BCUT2D eigenvalue weighted by atomic mass is 9.92. The molecule has 1 fully saturated rings. The van der Waals surface area contributed by atoms with Gasteiger partial charge in [0.2, 0.25) is 0 Å². The van der Waals surface area contributed by atoms with E-state index in [1.807, 2.05) is 6.07 Å². The minimum atomic E-state index is -0.109. The number of aromatic amines is 1. The van der Waals surface area contributed by atoms with Gasteiger partial charge in [0.15, 0.2) is 0 Å². The molecule has 108 valence electrons. The number of H-pyrrole nitrogens is 1. The van der Waals surface area contributed by atoms with E-state index in [2.05, 4.69) is 16.9 Å². The van der Waals surface area contributed by atoms with E-state index in [0.717, 1.165) is 37.0 Å². The molecule has 1 aliphatic heterocycles. The smallest absolute Gasteiger partial charge is 0.256 e. The Bertz CT molecular complexity index is 660. The van der Waals surface area contributed by atoms with Crippen LogP contribution in [0, 0.1) is 0 Å². The maximum absolute atomic E-state index is 12.1. The van der Waals surface area contributed by atoms with E-state index in [0.29, 0.717) is 11.3 Å². The van der Waals surface area contributed by atoms with Gasteiger partial charge in [-0.25, -0.2) is 0 Å². The Morgan fingerprint density at radius 1 is 1.25 bits per heavy atom. The number of nitrogens with zero attached hydrogens (tertiary/aromatic N) is 1. The van der Waals surface area contributed by atoms with Gasteiger partial charge in [-0.15, -0.1) is 12.4 Å². The lowest BCUT2D eigenvalue weighted by Gasteiger charge is -2.28. The number of likely N-dealkylation sites (tertiary alicyclic amines) is 1. The van der Waals surface area contributed by atoms with Crippen molar-refractivity contribution < 1.29 is 5.11 Å². The molecule has 1 aliphatic rings. The van der Waals surface area contributed by atoms with E-state index in [1.165, 1.54) is 6.07 Å². The first-order chi connectivity index (χ1) is 9.13. The van der Waals surface area contributed by atoms with Crippen LogP contribution in [0.2, 0.25) is 0 Å². The maximum atomic E-state index is 12.1. The van der Waals surface area contributed by atoms with Crippen molar-refractivity contribution in [2.24, 2.45) is 0 Å². The topological polar surface area (TPSA) is 56.3 Å². The SMILES string of the molecule is CN1CCC(c2cc3ccc(O)cc3c(=O)[nH]2)CC1.Cl. The van der Waals surface area contributed by atoms with E-state index in [4.69, 9.17) is 0 Å². The summed E-state index contributed by atoms with van der Waals surface area (Å²) in [7, 11) is 2.13. The van der Waals surface area contributed by atoms with Crippen LogP contribution >= 0.6 is 12.4 Å². The molecule has 1 saturated heterocycles. The summed E-state index contributed by atoms with van der Waals surface area (Å²) in [6.45, 7) is 2.14. The van der Waals surface area contributed by atoms with Crippen LogP contribution in [-0.4, -0.2) is 35.1 Å². The Morgan fingerprint density at radius 2 is 1.95 bits per heavy atom. The highest BCUT2D eigenvalue weighted by atomic mass is 35.5. The fourth-order valence-electron chi connectivity index (χ4n) is 2.81. The standard InChI is InChI=1S/C15H18N2O2.ClH/c1-17-6-4-10(5-7-17)14-8-11-2-3-12(18)9-13(11)15(19)16-14;/h2-3,8-10,18H,4-7H2,1H3,(H,16,19);1H. The quantitative estimate of drug-likeness (QED) is 0.849. The Hall–Kier alpha value is -1.52. The summed E-state index contributed by atoms with van der Waals surface area (Å²) < 4.78 is 0. The molecular weight excluding hydrogens is 276 g/mol. The van der Waals surface area contributed by atoms with Crippen molar-refractivity contribution >= 4 is 23.2 Å². The van der Waals surface area contributed by atoms with E-state index < -0.39 is 0 Å². The summed E-state index contributed by atoms with van der Waals surface area (Å²) in [6.07, 6.45) is 2.16. The zero-order chi connectivity index (χ0) is 13.4. The van der Waals surface area contributed by atoms with Crippen LogP contribution in [0.4, 0.5) is 0 Å². The number of hydrogen-bond donors (Lipinski definition) is 2. The summed E-state index contributed by atoms with van der Waals surface area (Å²) in [6, 6.07) is 7.00. The fraction of sp³-hybridized carbons (Fsp3) is 0.400. The van der Waals surface area contributed by atoms with Gasteiger partial charge in [-0.3, -0.25) is 4.79 Å². The largest absolute Gasteiger partial charge is 0.508 e. The van der Waals surface area contributed by atoms with Crippen molar-refractivity contribution in [2.75, 3.05) is 20.1 Å². The van der Waals surface area contributed by atoms with Crippen molar-refractivity contribution in [1.82, 2.24) is 9.88 Å². The Morgan fingerprint density at radius 3 is 2.65 bits per heavy atom. The van der Waals surface area contributed by atoms with Gasteiger partial charge in [0.1, 0.15) is 5.75 Å². The van der Waals surface area contributed by atoms with Crippen LogP contribution in [0.15, 0.2) is 29.1 Å². The molecule has 0 radical (unpaired) electrons. The molecule has 1 aromatic heterocycles. The highest BCUT2D eigenvalue weighted by molar-refractivity contribution is 5.85. The lowest BCUT2D eigenvalue weighted by Crippen LogP contribution is -2.30. The summed E-state index contributed by atoms with van der Waals surface area (Å²) in [4.78, 5) is 17.4. The number of aromatic hydroxyl groups is 1. The monoisotopic (exact) mass is 294 g/mol. The second-order valence-electron chi connectivity index (χ2n) is 5.40. The summed E-state index contributed by atoms with van der Waals surface area (Å²) in [5, 5.41) is 10.9. The maximum Gasteiger partial charge on any atom is 0.256 e. The first kappa shape index (κ1) is 14.9. The first-order valence-corrected chi connectivity index (χ1v) is 6.68.